The number of fused-ring (bicyclic) bond motifs is 1. The molecular formula is C16H17ClF2N2O3. The highest BCUT2D eigenvalue weighted by Gasteiger charge is 2.49. The first-order valence-corrected chi connectivity index (χ1v) is 8.11. The number of ether oxygens (including phenoxy) is 1. The van der Waals surface area contributed by atoms with Crippen molar-refractivity contribution in [2.24, 2.45) is 0 Å². The Morgan fingerprint density at radius 1 is 1.33 bits per heavy atom. The number of anilines is 1. The van der Waals surface area contributed by atoms with E-state index in [1.807, 2.05) is 0 Å². The lowest BCUT2D eigenvalue weighted by Gasteiger charge is -2.28. The number of carbonyl (C=O) groups is 2. The first kappa shape index (κ1) is 17.0. The van der Waals surface area contributed by atoms with E-state index in [-0.39, 0.29) is 41.9 Å². The van der Waals surface area contributed by atoms with Crippen molar-refractivity contribution < 1.29 is 23.1 Å². The van der Waals surface area contributed by atoms with Crippen molar-refractivity contribution in [2.45, 2.75) is 45.0 Å². The highest BCUT2D eigenvalue weighted by atomic mass is 35.5. The van der Waals surface area contributed by atoms with Gasteiger partial charge in [0.25, 0.3) is 5.91 Å². The summed E-state index contributed by atoms with van der Waals surface area (Å²) in [5, 5.41) is 0.0468. The van der Waals surface area contributed by atoms with Crippen LogP contribution in [0.2, 0.25) is 5.02 Å². The molecule has 2 aliphatic heterocycles. The molecule has 2 atom stereocenters. The summed E-state index contributed by atoms with van der Waals surface area (Å²) in [4.78, 5) is 27.1. The number of urea groups is 1. The smallest absolute Gasteiger partial charge is 0.332 e. The SMILES string of the molecule is CC(C)Oc1cc(N2C(=O)C3CC(F)CCN3C2=O)c(F)cc1Cl. The zero-order valence-electron chi connectivity index (χ0n) is 13.3. The topological polar surface area (TPSA) is 49.9 Å². The maximum Gasteiger partial charge on any atom is 0.332 e. The second kappa shape index (κ2) is 6.20. The maximum atomic E-state index is 14.3. The van der Waals surface area contributed by atoms with Crippen molar-refractivity contribution in [3.8, 4) is 5.75 Å². The minimum absolute atomic E-state index is 0.0468. The van der Waals surface area contributed by atoms with Crippen molar-refractivity contribution in [2.75, 3.05) is 11.4 Å². The van der Waals surface area contributed by atoms with Crippen LogP contribution in [0.5, 0.6) is 5.75 Å². The zero-order valence-corrected chi connectivity index (χ0v) is 14.0. The van der Waals surface area contributed by atoms with E-state index in [2.05, 4.69) is 0 Å². The molecule has 0 aliphatic carbocycles. The largest absolute Gasteiger partial charge is 0.489 e. The molecule has 5 nitrogen and oxygen atoms in total. The van der Waals surface area contributed by atoms with Gasteiger partial charge in [-0.1, -0.05) is 11.6 Å². The highest BCUT2D eigenvalue weighted by Crippen LogP contribution is 2.37. The minimum Gasteiger partial charge on any atom is -0.489 e. The Morgan fingerprint density at radius 2 is 2.04 bits per heavy atom. The number of rotatable bonds is 3. The molecule has 1 aromatic carbocycles. The number of carbonyl (C=O) groups excluding carboxylic acids is 2. The van der Waals surface area contributed by atoms with E-state index in [4.69, 9.17) is 16.3 Å². The molecule has 130 valence electrons. The van der Waals surface area contributed by atoms with Crippen LogP contribution in [0.3, 0.4) is 0 Å². The zero-order chi connectivity index (χ0) is 17.6. The Kier molecular flexibility index (Phi) is 4.38. The molecule has 2 heterocycles. The van der Waals surface area contributed by atoms with Crippen molar-refractivity contribution in [1.29, 1.82) is 0 Å². The van der Waals surface area contributed by atoms with E-state index < -0.39 is 30.0 Å². The third-order valence-electron chi connectivity index (χ3n) is 4.09. The van der Waals surface area contributed by atoms with Crippen LogP contribution in [0.25, 0.3) is 0 Å². The van der Waals surface area contributed by atoms with Gasteiger partial charge in [0.05, 0.1) is 16.8 Å². The van der Waals surface area contributed by atoms with E-state index >= 15 is 0 Å². The standard InChI is InChI=1S/C16H17ClF2N2O3/c1-8(2)24-14-7-12(11(19)6-10(14)17)21-15(22)13-5-9(18)3-4-20(13)16(21)23/h6-9,13H,3-5H2,1-2H3. The minimum atomic E-state index is -1.14. The van der Waals surface area contributed by atoms with Gasteiger partial charge in [-0.05, 0) is 26.3 Å². The second-order valence-corrected chi connectivity index (χ2v) is 6.59. The van der Waals surface area contributed by atoms with Crippen LogP contribution in [0.15, 0.2) is 12.1 Å². The predicted octanol–water partition coefficient (Wildman–Crippen LogP) is 3.54. The number of imide groups is 1. The summed E-state index contributed by atoms with van der Waals surface area (Å²) in [6.45, 7) is 3.68. The van der Waals surface area contributed by atoms with E-state index in [9.17, 15) is 18.4 Å². The number of nitrogens with zero attached hydrogens (tertiary/aromatic N) is 2. The average molecular weight is 359 g/mol. The molecule has 0 aromatic heterocycles. The molecule has 0 bridgehead atoms. The highest BCUT2D eigenvalue weighted by molar-refractivity contribution is 6.32. The van der Waals surface area contributed by atoms with Crippen molar-refractivity contribution in [1.82, 2.24) is 4.90 Å². The molecule has 0 N–H and O–H groups in total. The van der Waals surface area contributed by atoms with E-state index in [0.29, 0.717) is 0 Å². The summed E-state index contributed by atoms with van der Waals surface area (Å²) < 4.78 is 33.4. The summed E-state index contributed by atoms with van der Waals surface area (Å²) in [6.07, 6.45) is -1.25. The summed E-state index contributed by atoms with van der Waals surface area (Å²) in [5.41, 5.74) is -0.227. The van der Waals surface area contributed by atoms with Gasteiger partial charge >= 0.3 is 6.03 Å². The molecule has 8 heteroatoms. The summed E-state index contributed by atoms with van der Waals surface area (Å²) >= 11 is 5.95. The van der Waals surface area contributed by atoms with Crippen LogP contribution >= 0.6 is 11.6 Å². The number of hydrogen-bond acceptors (Lipinski definition) is 3. The number of piperidine rings is 1. The molecule has 0 radical (unpaired) electrons. The quantitative estimate of drug-likeness (QED) is 0.777. The van der Waals surface area contributed by atoms with Crippen LogP contribution in [0.1, 0.15) is 26.7 Å². The monoisotopic (exact) mass is 358 g/mol. The Labute approximate surface area is 143 Å². The molecule has 3 amide bonds. The van der Waals surface area contributed by atoms with Crippen LogP contribution in [0.4, 0.5) is 19.3 Å². The fraction of sp³-hybridized carbons (Fsp3) is 0.500. The Hall–Kier alpha value is -1.89. The van der Waals surface area contributed by atoms with E-state index in [1.54, 1.807) is 13.8 Å². The average Bonchev–Trinajstić information content (AvgIpc) is 2.73. The lowest BCUT2D eigenvalue weighted by atomic mass is 10.0. The van der Waals surface area contributed by atoms with Gasteiger partial charge in [0.15, 0.2) is 0 Å². The van der Waals surface area contributed by atoms with Crippen LogP contribution < -0.4 is 9.64 Å². The fourth-order valence-electron chi connectivity index (χ4n) is 3.01. The molecule has 2 saturated heterocycles. The van der Waals surface area contributed by atoms with Gasteiger partial charge in [-0.25, -0.2) is 18.5 Å². The number of hydrogen-bond donors (Lipinski definition) is 0. The van der Waals surface area contributed by atoms with Gasteiger partial charge in [0.1, 0.15) is 23.8 Å². The van der Waals surface area contributed by atoms with Crippen LogP contribution in [-0.4, -0.2) is 41.7 Å². The molecular weight excluding hydrogens is 342 g/mol. The molecule has 3 rings (SSSR count). The second-order valence-electron chi connectivity index (χ2n) is 6.19. The van der Waals surface area contributed by atoms with Gasteiger partial charge in [-0.15, -0.1) is 0 Å². The number of halogens is 3. The number of alkyl halides is 1. The van der Waals surface area contributed by atoms with E-state index in [1.165, 1.54) is 11.0 Å². The lowest BCUT2D eigenvalue weighted by Crippen LogP contribution is -2.42. The molecule has 0 spiro atoms. The number of benzene rings is 1. The van der Waals surface area contributed by atoms with E-state index in [0.717, 1.165) is 11.0 Å². The van der Waals surface area contributed by atoms with Gasteiger partial charge in [0.2, 0.25) is 0 Å². The summed E-state index contributed by atoms with van der Waals surface area (Å²) in [6, 6.07) is 0.711. The molecule has 24 heavy (non-hydrogen) atoms. The van der Waals surface area contributed by atoms with Gasteiger partial charge in [0, 0.05) is 19.0 Å². The van der Waals surface area contributed by atoms with Crippen molar-refractivity contribution in [3.63, 3.8) is 0 Å². The van der Waals surface area contributed by atoms with Gasteiger partial charge in [-0.3, -0.25) is 4.79 Å². The maximum absolute atomic E-state index is 14.3. The first-order chi connectivity index (χ1) is 11.3. The normalized spacial score (nSPS) is 23.9. The molecule has 2 fully saturated rings. The molecule has 0 saturated carbocycles. The Bertz CT molecular complexity index is 698. The Balaban J connectivity index is 1.99. The predicted molar refractivity (Wildman–Crippen MR) is 84.7 cm³/mol. The summed E-state index contributed by atoms with van der Waals surface area (Å²) in [7, 11) is 0. The van der Waals surface area contributed by atoms with Crippen LogP contribution in [-0.2, 0) is 4.79 Å². The van der Waals surface area contributed by atoms with Crippen LogP contribution in [0, 0.1) is 5.82 Å². The van der Waals surface area contributed by atoms with Crippen molar-refractivity contribution >= 4 is 29.2 Å². The van der Waals surface area contributed by atoms with Gasteiger partial charge < -0.3 is 9.64 Å². The first-order valence-electron chi connectivity index (χ1n) is 7.74. The molecule has 2 unspecified atom stereocenters. The van der Waals surface area contributed by atoms with Gasteiger partial charge in [-0.2, -0.15) is 0 Å². The fourth-order valence-corrected chi connectivity index (χ4v) is 3.21. The third kappa shape index (κ3) is 2.81. The molecule has 2 aliphatic rings. The third-order valence-corrected chi connectivity index (χ3v) is 4.38. The Morgan fingerprint density at radius 3 is 2.71 bits per heavy atom. The number of amides is 3. The van der Waals surface area contributed by atoms with Crippen molar-refractivity contribution in [3.05, 3.63) is 23.0 Å². The molecule has 1 aromatic rings. The lowest BCUT2D eigenvalue weighted by molar-refractivity contribution is -0.121. The summed E-state index contributed by atoms with van der Waals surface area (Å²) in [5.74, 6) is -1.26.